The number of aromatic nitrogens is 2. The summed E-state index contributed by atoms with van der Waals surface area (Å²) in [6.07, 6.45) is -8.62. The van der Waals surface area contributed by atoms with Gasteiger partial charge in [0.25, 0.3) is 0 Å². The first-order valence-corrected chi connectivity index (χ1v) is 6.41. The molecule has 2 rings (SSSR count). The van der Waals surface area contributed by atoms with Crippen LogP contribution in [-0.2, 0) is 0 Å². The smallest absolute Gasteiger partial charge is 0.461 e. The largest absolute Gasteiger partial charge is 0.476 e. The SMILES string of the molecule is Cc1cc(=O)c(C(=O)O)nn1-c1ccc(OC(F)(F)C(F)F)cc1. The average Bonchev–Trinajstić information content (AvgIpc) is 2.47. The van der Waals surface area contributed by atoms with Crippen molar-refractivity contribution in [3.8, 4) is 11.4 Å². The van der Waals surface area contributed by atoms with Crippen LogP contribution in [0.5, 0.6) is 5.75 Å². The van der Waals surface area contributed by atoms with Gasteiger partial charge in [-0.25, -0.2) is 9.48 Å². The number of benzene rings is 1. The van der Waals surface area contributed by atoms with Crippen molar-refractivity contribution in [3.05, 3.63) is 51.9 Å². The van der Waals surface area contributed by atoms with Gasteiger partial charge in [0.2, 0.25) is 11.1 Å². The highest BCUT2D eigenvalue weighted by Crippen LogP contribution is 2.27. The van der Waals surface area contributed by atoms with Gasteiger partial charge in [0.1, 0.15) is 5.75 Å². The summed E-state index contributed by atoms with van der Waals surface area (Å²) in [5.74, 6) is -2.04. The van der Waals surface area contributed by atoms with Crippen molar-refractivity contribution < 1.29 is 32.2 Å². The van der Waals surface area contributed by atoms with Crippen molar-refractivity contribution in [2.45, 2.75) is 19.5 Å². The molecule has 6 nitrogen and oxygen atoms in total. The molecule has 2 aromatic rings. The van der Waals surface area contributed by atoms with E-state index in [-0.39, 0.29) is 11.4 Å². The Hall–Kier alpha value is -2.91. The third-order valence-electron chi connectivity index (χ3n) is 2.90. The number of halogens is 4. The van der Waals surface area contributed by atoms with Gasteiger partial charge >= 0.3 is 18.5 Å². The number of aromatic carboxylic acids is 1. The maximum Gasteiger partial charge on any atom is 0.461 e. The van der Waals surface area contributed by atoms with Crippen LogP contribution in [-0.4, -0.2) is 33.4 Å². The van der Waals surface area contributed by atoms with Crippen LogP contribution < -0.4 is 10.2 Å². The lowest BCUT2D eigenvalue weighted by Crippen LogP contribution is -2.33. The molecule has 1 N–H and O–H groups in total. The highest BCUT2D eigenvalue weighted by molar-refractivity contribution is 5.84. The lowest BCUT2D eigenvalue weighted by atomic mass is 10.2. The zero-order valence-corrected chi connectivity index (χ0v) is 12.0. The summed E-state index contributed by atoms with van der Waals surface area (Å²) in [6, 6.07) is 5.43. The molecule has 0 spiro atoms. The molecule has 0 aliphatic carbocycles. The molecule has 1 aromatic carbocycles. The molecular formula is C14H10F4N2O4. The molecule has 1 aromatic heterocycles. The standard InChI is InChI=1S/C14H10F4N2O4/c1-7-6-10(21)11(12(22)23)19-20(7)8-2-4-9(5-3-8)24-14(17,18)13(15)16/h2-6,13H,1H3,(H,22,23). The number of carboxylic acids is 1. The lowest BCUT2D eigenvalue weighted by molar-refractivity contribution is -0.253. The molecule has 0 aliphatic heterocycles. The number of aryl methyl sites for hydroxylation is 1. The molecule has 0 saturated carbocycles. The first-order valence-electron chi connectivity index (χ1n) is 6.41. The number of carboxylic acid groups (broad SMARTS) is 1. The fraction of sp³-hybridized carbons (Fsp3) is 0.214. The quantitative estimate of drug-likeness (QED) is 0.841. The van der Waals surface area contributed by atoms with E-state index in [1.807, 2.05) is 0 Å². The second-order valence-electron chi connectivity index (χ2n) is 4.67. The van der Waals surface area contributed by atoms with Crippen LogP contribution in [0.1, 0.15) is 16.2 Å². The Morgan fingerprint density at radius 3 is 2.38 bits per heavy atom. The molecule has 0 unspecified atom stereocenters. The van der Waals surface area contributed by atoms with Gasteiger partial charge in [-0.2, -0.15) is 22.7 Å². The maximum absolute atomic E-state index is 12.8. The van der Waals surface area contributed by atoms with E-state index in [1.165, 1.54) is 19.1 Å². The van der Waals surface area contributed by atoms with Gasteiger partial charge in [-0.15, -0.1) is 0 Å². The van der Waals surface area contributed by atoms with E-state index in [2.05, 4.69) is 9.84 Å². The monoisotopic (exact) mass is 346 g/mol. The number of ether oxygens (including phenoxy) is 1. The van der Waals surface area contributed by atoms with Crippen LogP contribution in [0.15, 0.2) is 35.1 Å². The van der Waals surface area contributed by atoms with Crippen molar-refractivity contribution in [1.29, 1.82) is 0 Å². The molecule has 0 amide bonds. The van der Waals surface area contributed by atoms with Crippen LogP contribution >= 0.6 is 0 Å². The van der Waals surface area contributed by atoms with Gasteiger partial charge in [-0.05, 0) is 31.2 Å². The highest BCUT2D eigenvalue weighted by Gasteiger charge is 2.43. The zero-order valence-electron chi connectivity index (χ0n) is 12.0. The Balaban J connectivity index is 2.37. The summed E-state index contributed by atoms with van der Waals surface area (Å²) in [5.41, 5.74) is -0.989. The summed E-state index contributed by atoms with van der Waals surface area (Å²) in [5, 5.41) is 12.6. The van der Waals surface area contributed by atoms with Gasteiger partial charge in [-0.1, -0.05) is 0 Å². The molecular weight excluding hydrogens is 336 g/mol. The molecule has 0 radical (unpaired) electrons. The first-order chi connectivity index (χ1) is 11.1. The molecule has 0 fully saturated rings. The van der Waals surface area contributed by atoms with E-state index in [4.69, 9.17) is 5.11 Å². The number of carbonyl (C=O) groups is 1. The number of nitrogens with zero attached hydrogens (tertiary/aromatic N) is 2. The predicted molar refractivity (Wildman–Crippen MR) is 73.1 cm³/mol. The Labute approximate surface area is 131 Å². The Kier molecular flexibility index (Phi) is 4.58. The topological polar surface area (TPSA) is 81.4 Å². The molecule has 1 heterocycles. The molecule has 0 saturated heterocycles. The van der Waals surface area contributed by atoms with Crippen LogP contribution in [0.3, 0.4) is 0 Å². The normalized spacial score (nSPS) is 11.6. The Morgan fingerprint density at radius 1 is 1.29 bits per heavy atom. The van der Waals surface area contributed by atoms with Gasteiger partial charge in [0, 0.05) is 11.8 Å². The van der Waals surface area contributed by atoms with E-state index in [1.54, 1.807) is 0 Å². The van der Waals surface area contributed by atoms with E-state index in [9.17, 15) is 27.2 Å². The molecule has 128 valence electrons. The fourth-order valence-corrected chi connectivity index (χ4v) is 1.81. The summed E-state index contributed by atoms with van der Waals surface area (Å²) in [6.45, 7) is 1.48. The van der Waals surface area contributed by atoms with Crippen LogP contribution in [0.2, 0.25) is 0 Å². The minimum absolute atomic E-state index is 0.225. The summed E-state index contributed by atoms with van der Waals surface area (Å²) >= 11 is 0. The predicted octanol–water partition coefficient (Wildman–Crippen LogP) is 2.48. The third kappa shape index (κ3) is 3.53. The second-order valence-corrected chi connectivity index (χ2v) is 4.67. The van der Waals surface area contributed by atoms with E-state index < -0.39 is 35.4 Å². The van der Waals surface area contributed by atoms with Crippen molar-refractivity contribution in [2.75, 3.05) is 0 Å². The van der Waals surface area contributed by atoms with Crippen LogP contribution in [0.25, 0.3) is 5.69 Å². The number of rotatable bonds is 5. The average molecular weight is 346 g/mol. The second kappa shape index (κ2) is 6.30. The third-order valence-corrected chi connectivity index (χ3v) is 2.90. The Bertz CT molecular complexity index is 819. The number of hydrogen-bond donors (Lipinski definition) is 1. The van der Waals surface area contributed by atoms with Crippen LogP contribution in [0, 0.1) is 6.92 Å². The molecule has 0 atom stereocenters. The highest BCUT2D eigenvalue weighted by atomic mass is 19.3. The van der Waals surface area contributed by atoms with Gasteiger partial charge in [-0.3, -0.25) is 4.79 Å². The molecule has 24 heavy (non-hydrogen) atoms. The van der Waals surface area contributed by atoms with E-state index >= 15 is 0 Å². The summed E-state index contributed by atoms with van der Waals surface area (Å²) in [4.78, 5) is 22.4. The van der Waals surface area contributed by atoms with E-state index in [0.29, 0.717) is 0 Å². The van der Waals surface area contributed by atoms with Crippen molar-refractivity contribution in [2.24, 2.45) is 0 Å². The molecule has 10 heteroatoms. The molecule has 0 bridgehead atoms. The van der Waals surface area contributed by atoms with Crippen molar-refractivity contribution in [1.82, 2.24) is 9.78 Å². The summed E-state index contributed by atoms with van der Waals surface area (Å²) < 4.78 is 54.8. The van der Waals surface area contributed by atoms with Crippen LogP contribution in [0.4, 0.5) is 17.6 Å². The maximum atomic E-state index is 12.8. The van der Waals surface area contributed by atoms with Gasteiger partial charge in [0.15, 0.2) is 0 Å². The van der Waals surface area contributed by atoms with Gasteiger partial charge < -0.3 is 9.84 Å². The fourth-order valence-electron chi connectivity index (χ4n) is 1.81. The minimum atomic E-state index is -4.64. The zero-order chi connectivity index (χ0) is 18.1. The number of hydrogen-bond acceptors (Lipinski definition) is 4. The lowest BCUT2D eigenvalue weighted by Gasteiger charge is -2.17. The minimum Gasteiger partial charge on any atom is -0.476 e. The first kappa shape index (κ1) is 17.4. The van der Waals surface area contributed by atoms with Gasteiger partial charge in [0.05, 0.1) is 5.69 Å². The number of alkyl halides is 4. The summed E-state index contributed by atoms with van der Waals surface area (Å²) in [7, 11) is 0. The molecule has 0 aliphatic rings. The van der Waals surface area contributed by atoms with E-state index in [0.717, 1.165) is 22.9 Å². The van der Waals surface area contributed by atoms with Crippen molar-refractivity contribution >= 4 is 5.97 Å². The van der Waals surface area contributed by atoms with Crippen molar-refractivity contribution in [3.63, 3.8) is 0 Å². The Morgan fingerprint density at radius 2 is 1.88 bits per heavy atom.